The Morgan fingerprint density at radius 2 is 1.94 bits per heavy atom. The molecule has 1 saturated carbocycles. The summed E-state index contributed by atoms with van der Waals surface area (Å²) in [5.41, 5.74) is 0. The minimum absolute atomic E-state index is 0.369. The van der Waals surface area contributed by atoms with Gasteiger partial charge in [-0.15, -0.1) is 0 Å². The van der Waals surface area contributed by atoms with Crippen LogP contribution in [0.3, 0.4) is 0 Å². The molecule has 0 aromatic heterocycles. The van der Waals surface area contributed by atoms with Crippen molar-refractivity contribution < 1.29 is 5.11 Å². The molecular formula is C14H29NO. The zero-order chi connectivity index (χ0) is 12.0. The quantitative estimate of drug-likeness (QED) is 0.558. The minimum atomic E-state index is -0.369. The van der Waals surface area contributed by atoms with E-state index in [2.05, 4.69) is 19.2 Å². The molecule has 0 bridgehead atoms. The van der Waals surface area contributed by atoms with E-state index in [9.17, 15) is 5.11 Å². The van der Waals surface area contributed by atoms with Gasteiger partial charge in [-0.3, -0.25) is 5.32 Å². The summed E-state index contributed by atoms with van der Waals surface area (Å²) in [5, 5.41) is 12.9. The Kier molecular flexibility index (Phi) is 6.37. The molecule has 4 atom stereocenters. The number of hydrogen-bond acceptors (Lipinski definition) is 2. The topological polar surface area (TPSA) is 32.3 Å². The van der Waals surface area contributed by atoms with Crippen LogP contribution in [0.1, 0.15) is 65.7 Å². The molecule has 96 valence electrons. The van der Waals surface area contributed by atoms with Gasteiger partial charge < -0.3 is 5.11 Å². The highest BCUT2D eigenvalue weighted by atomic mass is 16.3. The fraction of sp³-hybridized carbons (Fsp3) is 1.00. The molecule has 0 heterocycles. The molecule has 2 nitrogen and oxygen atoms in total. The van der Waals surface area contributed by atoms with Crippen molar-refractivity contribution in [3.05, 3.63) is 0 Å². The molecule has 1 aliphatic rings. The molecule has 1 fully saturated rings. The van der Waals surface area contributed by atoms with Crippen LogP contribution in [0.2, 0.25) is 0 Å². The van der Waals surface area contributed by atoms with Gasteiger partial charge in [0.15, 0.2) is 0 Å². The van der Waals surface area contributed by atoms with Crippen LogP contribution in [0.5, 0.6) is 0 Å². The van der Waals surface area contributed by atoms with Crippen molar-refractivity contribution in [3.63, 3.8) is 0 Å². The zero-order valence-corrected chi connectivity index (χ0v) is 11.2. The van der Waals surface area contributed by atoms with Crippen LogP contribution < -0.4 is 5.32 Å². The van der Waals surface area contributed by atoms with Gasteiger partial charge in [0, 0.05) is 6.04 Å². The van der Waals surface area contributed by atoms with E-state index in [1.807, 2.05) is 6.92 Å². The van der Waals surface area contributed by atoms with Crippen molar-refractivity contribution in [2.75, 3.05) is 0 Å². The van der Waals surface area contributed by atoms with Gasteiger partial charge in [0.25, 0.3) is 0 Å². The fourth-order valence-electron chi connectivity index (χ4n) is 3.16. The van der Waals surface area contributed by atoms with Crippen molar-refractivity contribution in [2.24, 2.45) is 11.8 Å². The molecule has 1 aliphatic carbocycles. The lowest BCUT2D eigenvalue weighted by atomic mass is 9.81. The summed E-state index contributed by atoms with van der Waals surface area (Å²) >= 11 is 0. The number of aliphatic hydroxyl groups is 1. The van der Waals surface area contributed by atoms with E-state index in [1.54, 1.807) is 0 Å². The molecule has 0 saturated heterocycles. The van der Waals surface area contributed by atoms with Gasteiger partial charge in [-0.05, 0) is 31.6 Å². The normalized spacial score (nSPS) is 30.8. The number of nitrogens with one attached hydrogen (secondary N) is 1. The van der Waals surface area contributed by atoms with E-state index in [4.69, 9.17) is 0 Å². The second-order valence-electron chi connectivity index (χ2n) is 5.52. The lowest BCUT2D eigenvalue weighted by Crippen LogP contribution is -2.43. The van der Waals surface area contributed by atoms with Crippen LogP contribution in [0, 0.1) is 11.8 Å². The summed E-state index contributed by atoms with van der Waals surface area (Å²) in [7, 11) is 0. The van der Waals surface area contributed by atoms with E-state index < -0.39 is 0 Å². The van der Waals surface area contributed by atoms with Gasteiger partial charge >= 0.3 is 0 Å². The first-order valence-electron chi connectivity index (χ1n) is 7.09. The maximum Gasteiger partial charge on any atom is 0.102 e. The highest BCUT2D eigenvalue weighted by Crippen LogP contribution is 2.32. The molecule has 4 unspecified atom stereocenters. The van der Waals surface area contributed by atoms with Crippen molar-refractivity contribution >= 4 is 0 Å². The zero-order valence-electron chi connectivity index (χ0n) is 11.2. The summed E-state index contributed by atoms with van der Waals surface area (Å²) in [6, 6.07) is 0.512. The highest BCUT2D eigenvalue weighted by molar-refractivity contribution is 4.82. The first kappa shape index (κ1) is 14.0. The maximum absolute atomic E-state index is 9.53. The summed E-state index contributed by atoms with van der Waals surface area (Å²) in [5.74, 6) is 1.57. The van der Waals surface area contributed by atoms with Crippen LogP contribution in [-0.2, 0) is 0 Å². The van der Waals surface area contributed by atoms with Gasteiger partial charge in [-0.1, -0.05) is 46.0 Å². The summed E-state index contributed by atoms with van der Waals surface area (Å²) in [6.07, 6.45) is 8.90. The third kappa shape index (κ3) is 4.42. The molecular weight excluding hydrogens is 198 g/mol. The Labute approximate surface area is 101 Å². The molecule has 0 spiro atoms. The molecule has 0 radical (unpaired) electrons. The Morgan fingerprint density at radius 3 is 2.56 bits per heavy atom. The smallest absolute Gasteiger partial charge is 0.102 e. The first-order chi connectivity index (χ1) is 7.65. The van der Waals surface area contributed by atoms with E-state index >= 15 is 0 Å². The van der Waals surface area contributed by atoms with Gasteiger partial charge in [-0.25, -0.2) is 0 Å². The standard InChI is InChI=1S/C14H29NO/c1-4-8-14(15-12(3)16)13-10-7-5-6-9-11(13)2/h11-16H,4-10H2,1-3H3. The Bertz CT molecular complexity index is 182. The molecule has 0 aliphatic heterocycles. The van der Waals surface area contributed by atoms with Crippen LogP contribution in [-0.4, -0.2) is 17.4 Å². The molecule has 2 heteroatoms. The van der Waals surface area contributed by atoms with Gasteiger partial charge in [-0.2, -0.15) is 0 Å². The molecule has 0 aromatic rings. The molecule has 0 amide bonds. The van der Waals surface area contributed by atoms with E-state index in [0.717, 1.165) is 11.8 Å². The lowest BCUT2D eigenvalue weighted by Gasteiger charge is -2.32. The monoisotopic (exact) mass is 227 g/mol. The Morgan fingerprint density at radius 1 is 1.25 bits per heavy atom. The second-order valence-corrected chi connectivity index (χ2v) is 5.52. The number of aliphatic hydroxyl groups excluding tert-OH is 1. The van der Waals surface area contributed by atoms with Gasteiger partial charge in [0.2, 0.25) is 0 Å². The predicted molar refractivity (Wildman–Crippen MR) is 69.3 cm³/mol. The third-order valence-electron chi connectivity index (χ3n) is 4.00. The van der Waals surface area contributed by atoms with Crippen molar-refractivity contribution in [1.29, 1.82) is 0 Å². The van der Waals surface area contributed by atoms with Crippen LogP contribution in [0.25, 0.3) is 0 Å². The predicted octanol–water partition coefficient (Wildman–Crippen LogP) is 3.30. The van der Waals surface area contributed by atoms with Crippen molar-refractivity contribution in [1.82, 2.24) is 5.32 Å². The van der Waals surface area contributed by atoms with E-state index in [1.165, 1.54) is 44.9 Å². The minimum Gasteiger partial charge on any atom is -0.379 e. The third-order valence-corrected chi connectivity index (χ3v) is 4.00. The highest BCUT2D eigenvalue weighted by Gasteiger charge is 2.27. The van der Waals surface area contributed by atoms with Crippen LogP contribution in [0.15, 0.2) is 0 Å². The second kappa shape index (κ2) is 7.29. The number of hydrogen-bond donors (Lipinski definition) is 2. The van der Waals surface area contributed by atoms with Gasteiger partial charge in [0.05, 0.1) is 0 Å². The average Bonchev–Trinajstić information content (AvgIpc) is 2.41. The summed E-state index contributed by atoms with van der Waals surface area (Å²) in [6.45, 7) is 6.46. The summed E-state index contributed by atoms with van der Waals surface area (Å²) in [4.78, 5) is 0. The maximum atomic E-state index is 9.53. The van der Waals surface area contributed by atoms with Gasteiger partial charge in [0.1, 0.15) is 6.23 Å². The lowest BCUT2D eigenvalue weighted by molar-refractivity contribution is 0.107. The van der Waals surface area contributed by atoms with Crippen molar-refractivity contribution in [2.45, 2.75) is 78.0 Å². The Hall–Kier alpha value is -0.0800. The Balaban J connectivity index is 2.58. The molecule has 2 N–H and O–H groups in total. The van der Waals surface area contributed by atoms with Crippen LogP contribution >= 0.6 is 0 Å². The number of rotatable bonds is 5. The average molecular weight is 227 g/mol. The molecule has 1 rings (SSSR count). The largest absolute Gasteiger partial charge is 0.379 e. The molecule has 16 heavy (non-hydrogen) atoms. The SMILES string of the molecule is CCCC(NC(C)O)C1CCCCCC1C. The van der Waals surface area contributed by atoms with Crippen LogP contribution in [0.4, 0.5) is 0 Å². The molecule has 0 aromatic carbocycles. The van der Waals surface area contributed by atoms with E-state index in [-0.39, 0.29) is 6.23 Å². The van der Waals surface area contributed by atoms with Crippen molar-refractivity contribution in [3.8, 4) is 0 Å². The summed E-state index contributed by atoms with van der Waals surface area (Å²) < 4.78 is 0. The first-order valence-corrected chi connectivity index (χ1v) is 7.09. The van der Waals surface area contributed by atoms with E-state index in [0.29, 0.717) is 6.04 Å². The fourth-order valence-corrected chi connectivity index (χ4v) is 3.16.